The van der Waals surface area contributed by atoms with E-state index in [2.05, 4.69) is 20.4 Å². The first-order valence-corrected chi connectivity index (χ1v) is 15.3. The van der Waals surface area contributed by atoms with E-state index in [9.17, 15) is 14.7 Å². The largest absolute Gasteiger partial charge is 0.444 e. The number of likely N-dealkylation sites (tertiary alicyclic amines) is 1. The van der Waals surface area contributed by atoms with Crippen LogP contribution in [0.4, 0.5) is 32.9 Å². The number of benzene rings is 2. The van der Waals surface area contributed by atoms with Crippen molar-refractivity contribution in [3.8, 4) is 11.4 Å². The highest BCUT2D eigenvalue weighted by Gasteiger charge is 2.47. The van der Waals surface area contributed by atoms with Crippen LogP contribution >= 0.6 is 0 Å². The number of aromatic nitrogens is 3. The number of carbonyl (C=O) groups is 2. The number of carbonyl (C=O) groups excluding carboxylic acids is 2. The maximum Gasteiger partial charge on any atom is 0.410 e. The summed E-state index contributed by atoms with van der Waals surface area (Å²) in [6.07, 6.45) is -0.0197. The summed E-state index contributed by atoms with van der Waals surface area (Å²) in [7, 11) is 0. The maximum atomic E-state index is 12.8. The standard InChI is InChI=1S/C32H40N8O5/c1-20(41)21-5-9-23(10-6-21)33-30(42)34-24-11-7-22(8-12-24)27-35-28(38-13-15-44-16-14-38)37-29(36-27)39-18-26-17-25(39)19-40(26)31(43)45-32(2,3)4/h5-12,20,25-26,41H,13-19H2,1-4H3,(H2,33,34,42)/t20?,25-,26-/m1/s1. The number of urea groups is 1. The van der Waals surface area contributed by atoms with Gasteiger partial charge in [0.2, 0.25) is 11.9 Å². The average Bonchev–Trinajstić information content (AvgIpc) is 3.63. The van der Waals surface area contributed by atoms with Crippen LogP contribution in [0.5, 0.6) is 0 Å². The van der Waals surface area contributed by atoms with Gasteiger partial charge in [0, 0.05) is 43.1 Å². The van der Waals surface area contributed by atoms with Crippen LogP contribution in [0.15, 0.2) is 48.5 Å². The summed E-state index contributed by atoms with van der Waals surface area (Å²) >= 11 is 0. The first-order valence-electron chi connectivity index (χ1n) is 15.3. The third kappa shape index (κ3) is 7.10. The molecule has 0 spiro atoms. The van der Waals surface area contributed by atoms with Crippen molar-refractivity contribution in [1.82, 2.24) is 19.9 Å². The fourth-order valence-electron chi connectivity index (χ4n) is 5.81. The minimum atomic E-state index is -0.572. The number of aliphatic hydroxyl groups is 1. The highest BCUT2D eigenvalue weighted by molar-refractivity contribution is 5.99. The van der Waals surface area contributed by atoms with Crippen molar-refractivity contribution in [2.75, 3.05) is 59.8 Å². The fourth-order valence-corrected chi connectivity index (χ4v) is 5.81. The molecule has 238 valence electrons. The number of nitrogens with zero attached hydrogens (tertiary/aromatic N) is 6. The number of anilines is 4. The molecule has 2 bridgehead atoms. The predicted molar refractivity (Wildman–Crippen MR) is 170 cm³/mol. The van der Waals surface area contributed by atoms with E-state index in [1.807, 2.05) is 37.8 Å². The van der Waals surface area contributed by atoms with Crippen molar-refractivity contribution < 1.29 is 24.2 Å². The molecule has 0 aliphatic carbocycles. The van der Waals surface area contributed by atoms with Crippen molar-refractivity contribution in [3.63, 3.8) is 0 Å². The lowest BCUT2D eigenvalue weighted by molar-refractivity contribution is 0.0214. The third-order valence-electron chi connectivity index (χ3n) is 8.08. The van der Waals surface area contributed by atoms with Crippen molar-refractivity contribution in [2.24, 2.45) is 0 Å². The first-order chi connectivity index (χ1) is 21.5. The second-order valence-corrected chi connectivity index (χ2v) is 12.6. The van der Waals surface area contributed by atoms with E-state index in [0.717, 1.165) is 17.5 Å². The summed E-state index contributed by atoms with van der Waals surface area (Å²) < 4.78 is 11.2. The van der Waals surface area contributed by atoms with Crippen LogP contribution in [0.1, 0.15) is 45.8 Å². The third-order valence-corrected chi connectivity index (χ3v) is 8.08. The molecule has 0 radical (unpaired) electrons. The Balaban J connectivity index is 1.18. The molecule has 0 saturated carbocycles. The molecule has 13 nitrogen and oxygen atoms in total. The number of rotatable bonds is 6. The van der Waals surface area contributed by atoms with Crippen LogP contribution in [0.25, 0.3) is 11.4 Å². The van der Waals surface area contributed by atoms with Crippen LogP contribution in [-0.2, 0) is 9.47 Å². The van der Waals surface area contributed by atoms with E-state index >= 15 is 0 Å². The normalized spacial score (nSPS) is 20.2. The zero-order valence-electron chi connectivity index (χ0n) is 26.1. The number of hydrogen-bond donors (Lipinski definition) is 3. The lowest BCUT2D eigenvalue weighted by Gasteiger charge is -2.35. The molecule has 6 rings (SSSR count). The van der Waals surface area contributed by atoms with Gasteiger partial charge in [-0.25, -0.2) is 9.59 Å². The van der Waals surface area contributed by atoms with Gasteiger partial charge >= 0.3 is 12.1 Å². The molecule has 3 N–H and O–H groups in total. The van der Waals surface area contributed by atoms with Crippen molar-refractivity contribution in [3.05, 3.63) is 54.1 Å². The molecular formula is C32H40N8O5. The molecule has 4 heterocycles. The smallest absolute Gasteiger partial charge is 0.410 e. The molecule has 3 aromatic rings. The number of nitrogens with one attached hydrogen (secondary N) is 2. The molecule has 3 saturated heterocycles. The summed E-state index contributed by atoms with van der Waals surface area (Å²) in [5.74, 6) is 1.71. The van der Waals surface area contributed by atoms with Gasteiger partial charge in [-0.15, -0.1) is 0 Å². The second-order valence-electron chi connectivity index (χ2n) is 12.6. The highest BCUT2D eigenvalue weighted by Crippen LogP contribution is 2.35. The van der Waals surface area contributed by atoms with E-state index in [4.69, 9.17) is 24.4 Å². The lowest BCUT2D eigenvalue weighted by atomic mass is 10.1. The molecule has 3 atom stereocenters. The van der Waals surface area contributed by atoms with Gasteiger partial charge in [0.05, 0.1) is 31.4 Å². The highest BCUT2D eigenvalue weighted by atomic mass is 16.6. The Morgan fingerprint density at radius 3 is 2.11 bits per heavy atom. The zero-order chi connectivity index (χ0) is 31.7. The van der Waals surface area contributed by atoms with Gasteiger partial charge in [-0.05, 0) is 76.1 Å². The molecule has 3 aliphatic rings. The molecule has 45 heavy (non-hydrogen) atoms. The van der Waals surface area contributed by atoms with Crippen LogP contribution in [0, 0.1) is 0 Å². The van der Waals surface area contributed by atoms with Gasteiger partial charge in [0.25, 0.3) is 0 Å². The number of ether oxygens (including phenoxy) is 2. The number of piperazine rings is 1. The quantitative estimate of drug-likeness (QED) is 0.367. The average molecular weight is 617 g/mol. The van der Waals surface area contributed by atoms with Crippen LogP contribution in [-0.4, -0.2) is 94.2 Å². The number of hydrogen-bond acceptors (Lipinski definition) is 10. The SMILES string of the molecule is CC(O)c1ccc(NC(=O)Nc2ccc(-c3nc(N4CCOCC4)nc(N4C[C@H]5C[C@@H]4CN5C(=O)OC(C)(C)C)n3)cc2)cc1. The van der Waals surface area contributed by atoms with Crippen LogP contribution in [0.3, 0.4) is 0 Å². The molecule has 13 heteroatoms. The Kier molecular flexibility index (Phi) is 8.47. The molecule has 3 fully saturated rings. The Hall–Kier alpha value is -4.49. The van der Waals surface area contributed by atoms with Crippen LogP contribution in [0.2, 0.25) is 0 Å². The number of morpholine rings is 1. The van der Waals surface area contributed by atoms with E-state index in [-0.39, 0.29) is 24.2 Å². The molecule has 2 aromatic carbocycles. The number of amides is 3. The first kappa shape index (κ1) is 30.5. The maximum absolute atomic E-state index is 12.8. The van der Waals surface area contributed by atoms with Crippen molar-refractivity contribution >= 4 is 35.4 Å². The van der Waals surface area contributed by atoms with Gasteiger partial charge in [0.15, 0.2) is 5.82 Å². The Morgan fingerprint density at radius 2 is 1.53 bits per heavy atom. The summed E-state index contributed by atoms with van der Waals surface area (Å²) in [5, 5.41) is 15.3. The zero-order valence-corrected chi connectivity index (χ0v) is 26.1. The lowest BCUT2D eigenvalue weighted by Crippen LogP contribution is -2.50. The summed E-state index contributed by atoms with van der Waals surface area (Å²) in [4.78, 5) is 46.1. The molecular weight excluding hydrogens is 576 g/mol. The molecule has 1 unspecified atom stereocenters. The summed E-state index contributed by atoms with van der Waals surface area (Å²) in [6.45, 7) is 11.1. The van der Waals surface area contributed by atoms with Gasteiger partial charge in [-0.3, -0.25) is 0 Å². The molecule has 1 aromatic heterocycles. The summed E-state index contributed by atoms with van der Waals surface area (Å²) in [5.41, 5.74) is 2.24. The number of aliphatic hydroxyl groups excluding tert-OH is 1. The van der Waals surface area contributed by atoms with Gasteiger partial charge < -0.3 is 39.9 Å². The van der Waals surface area contributed by atoms with E-state index < -0.39 is 11.7 Å². The van der Waals surface area contributed by atoms with Gasteiger partial charge in [0.1, 0.15) is 5.60 Å². The number of fused-ring (bicyclic) bond motifs is 2. The van der Waals surface area contributed by atoms with Crippen molar-refractivity contribution in [2.45, 2.75) is 57.9 Å². The Bertz CT molecular complexity index is 1520. The van der Waals surface area contributed by atoms with E-state index in [1.165, 1.54) is 0 Å². The van der Waals surface area contributed by atoms with Gasteiger partial charge in [-0.1, -0.05) is 12.1 Å². The molecule has 3 aliphatic heterocycles. The van der Waals surface area contributed by atoms with Crippen LogP contribution < -0.4 is 20.4 Å². The minimum absolute atomic E-state index is 0.0320. The predicted octanol–water partition coefficient (Wildman–Crippen LogP) is 4.27. The summed E-state index contributed by atoms with van der Waals surface area (Å²) in [6, 6.07) is 14.1. The van der Waals surface area contributed by atoms with E-state index in [1.54, 1.807) is 43.3 Å². The van der Waals surface area contributed by atoms with Gasteiger partial charge in [-0.2, -0.15) is 15.0 Å². The topological polar surface area (TPSA) is 145 Å². The monoisotopic (exact) mass is 616 g/mol. The second kappa shape index (κ2) is 12.5. The van der Waals surface area contributed by atoms with Crippen molar-refractivity contribution in [1.29, 1.82) is 0 Å². The Morgan fingerprint density at radius 1 is 0.911 bits per heavy atom. The Labute approximate surface area is 262 Å². The molecule has 3 amide bonds. The minimum Gasteiger partial charge on any atom is -0.444 e. The fraction of sp³-hybridized carbons (Fsp3) is 0.469. The van der Waals surface area contributed by atoms with E-state index in [0.29, 0.717) is 68.5 Å².